The van der Waals surface area contributed by atoms with Crippen LogP contribution in [0.25, 0.3) is 11.3 Å². The lowest BCUT2D eigenvalue weighted by Gasteiger charge is -2.27. The maximum atomic E-state index is 12.5. The van der Waals surface area contributed by atoms with E-state index in [4.69, 9.17) is 4.74 Å². The fourth-order valence-electron chi connectivity index (χ4n) is 3.58. The Labute approximate surface area is 155 Å². The summed E-state index contributed by atoms with van der Waals surface area (Å²) in [5.41, 5.74) is 2.89. The molecule has 1 saturated carbocycles. The molecule has 5 heteroatoms. The quantitative estimate of drug-likeness (QED) is 0.837. The summed E-state index contributed by atoms with van der Waals surface area (Å²) in [6.07, 6.45) is 5.80. The van der Waals surface area contributed by atoms with Gasteiger partial charge in [0, 0.05) is 35.8 Å². The average molecular weight is 353 g/mol. The summed E-state index contributed by atoms with van der Waals surface area (Å²) in [4.78, 5) is 16.9. The van der Waals surface area contributed by atoms with E-state index in [1.165, 1.54) is 0 Å². The zero-order valence-electron chi connectivity index (χ0n) is 15.5. The maximum Gasteiger partial charge on any atom is 0.223 e. The Morgan fingerprint density at radius 3 is 2.65 bits per heavy atom. The molecule has 1 aromatic heterocycles. The second kappa shape index (κ2) is 8.81. The molecule has 1 aliphatic rings. The number of hydrogen-bond acceptors (Lipinski definition) is 4. The second-order valence-electron chi connectivity index (χ2n) is 6.80. The van der Waals surface area contributed by atoms with Crippen LogP contribution in [0.15, 0.2) is 42.6 Å². The van der Waals surface area contributed by atoms with Crippen LogP contribution in [0.1, 0.15) is 31.2 Å². The van der Waals surface area contributed by atoms with Gasteiger partial charge in [-0.2, -0.15) is 0 Å². The van der Waals surface area contributed by atoms with Crippen molar-refractivity contribution in [2.45, 2.75) is 38.3 Å². The Kier molecular flexibility index (Phi) is 6.23. The van der Waals surface area contributed by atoms with Crippen molar-refractivity contribution in [1.29, 1.82) is 0 Å². The fourth-order valence-corrected chi connectivity index (χ4v) is 3.58. The summed E-state index contributed by atoms with van der Waals surface area (Å²) in [7, 11) is 3.64. The molecule has 3 rings (SSSR count). The van der Waals surface area contributed by atoms with E-state index < -0.39 is 0 Å². The molecule has 0 radical (unpaired) electrons. The number of benzene rings is 1. The van der Waals surface area contributed by atoms with Gasteiger partial charge < -0.3 is 15.4 Å². The molecule has 0 saturated heterocycles. The molecule has 0 unspecified atom stereocenters. The third kappa shape index (κ3) is 4.41. The molecule has 1 aromatic carbocycles. The third-order valence-corrected chi connectivity index (χ3v) is 5.20. The first kappa shape index (κ1) is 18.4. The largest absolute Gasteiger partial charge is 0.496 e. The van der Waals surface area contributed by atoms with Gasteiger partial charge in [0.05, 0.1) is 12.8 Å². The van der Waals surface area contributed by atoms with E-state index in [9.17, 15) is 4.79 Å². The van der Waals surface area contributed by atoms with Gasteiger partial charge >= 0.3 is 0 Å². The zero-order chi connectivity index (χ0) is 18.4. The van der Waals surface area contributed by atoms with Gasteiger partial charge in [-0.25, -0.2) is 0 Å². The van der Waals surface area contributed by atoms with Crippen LogP contribution in [-0.4, -0.2) is 31.1 Å². The number of hydrogen-bond donors (Lipinski definition) is 2. The molecule has 0 atom stereocenters. The molecular weight excluding hydrogens is 326 g/mol. The van der Waals surface area contributed by atoms with Crippen molar-refractivity contribution in [3.05, 3.63) is 48.2 Å². The molecule has 138 valence electrons. The monoisotopic (exact) mass is 353 g/mol. The van der Waals surface area contributed by atoms with Crippen LogP contribution in [0.4, 0.5) is 0 Å². The number of amides is 1. The smallest absolute Gasteiger partial charge is 0.223 e. The highest BCUT2D eigenvalue weighted by atomic mass is 16.5. The Morgan fingerprint density at radius 1 is 1.19 bits per heavy atom. The lowest BCUT2D eigenvalue weighted by molar-refractivity contribution is -0.126. The molecule has 2 aromatic rings. The minimum absolute atomic E-state index is 0.115. The highest BCUT2D eigenvalue weighted by Gasteiger charge is 2.25. The number of carbonyl (C=O) groups is 1. The van der Waals surface area contributed by atoms with Crippen LogP contribution in [-0.2, 0) is 11.3 Å². The van der Waals surface area contributed by atoms with E-state index in [0.29, 0.717) is 12.6 Å². The average Bonchev–Trinajstić information content (AvgIpc) is 2.72. The van der Waals surface area contributed by atoms with Crippen LogP contribution in [0, 0.1) is 5.92 Å². The molecule has 1 fully saturated rings. The normalized spacial score (nSPS) is 19.8. The van der Waals surface area contributed by atoms with Crippen LogP contribution < -0.4 is 15.4 Å². The number of methoxy groups -OCH3 is 1. The van der Waals surface area contributed by atoms with Crippen molar-refractivity contribution in [3.63, 3.8) is 0 Å². The van der Waals surface area contributed by atoms with Gasteiger partial charge in [0.2, 0.25) is 5.91 Å². The number of aromatic nitrogens is 1. The van der Waals surface area contributed by atoms with Gasteiger partial charge in [-0.3, -0.25) is 9.78 Å². The van der Waals surface area contributed by atoms with Crippen molar-refractivity contribution in [2.75, 3.05) is 14.2 Å². The lowest BCUT2D eigenvalue weighted by Crippen LogP contribution is -2.37. The van der Waals surface area contributed by atoms with Gasteiger partial charge in [-0.15, -0.1) is 0 Å². The Hall–Kier alpha value is -2.40. The summed E-state index contributed by atoms with van der Waals surface area (Å²) >= 11 is 0. The van der Waals surface area contributed by atoms with Gasteiger partial charge in [-0.05, 0) is 63.1 Å². The van der Waals surface area contributed by atoms with E-state index in [-0.39, 0.29) is 11.8 Å². The number of ether oxygens (including phenoxy) is 1. The van der Waals surface area contributed by atoms with Crippen molar-refractivity contribution in [1.82, 2.24) is 15.6 Å². The molecule has 0 bridgehead atoms. The molecule has 1 heterocycles. The zero-order valence-corrected chi connectivity index (χ0v) is 15.5. The van der Waals surface area contributed by atoms with E-state index in [0.717, 1.165) is 48.3 Å². The summed E-state index contributed by atoms with van der Waals surface area (Å²) in [5, 5.41) is 6.40. The number of nitrogens with zero attached hydrogens (tertiary/aromatic N) is 1. The fraction of sp³-hybridized carbons (Fsp3) is 0.429. The first-order valence-electron chi connectivity index (χ1n) is 9.24. The van der Waals surface area contributed by atoms with Gasteiger partial charge in [0.15, 0.2) is 0 Å². The molecular formula is C21H27N3O2. The molecule has 1 amide bonds. The highest BCUT2D eigenvalue weighted by Crippen LogP contribution is 2.27. The SMILES string of the molecule is CNC1CCC(C(=O)NCc2cc(-c3ccccn3)ccc2OC)CC1. The standard InChI is InChI=1S/C21H27N3O2/c1-22-18-9-6-15(7-10-18)21(25)24-14-17-13-16(8-11-20(17)26-2)19-5-3-4-12-23-19/h3-5,8,11-13,15,18,22H,6-7,9-10,14H2,1-2H3,(H,24,25). The molecule has 5 nitrogen and oxygen atoms in total. The third-order valence-electron chi connectivity index (χ3n) is 5.20. The van der Waals surface area contributed by atoms with Crippen molar-refractivity contribution < 1.29 is 9.53 Å². The Balaban J connectivity index is 1.66. The first-order chi connectivity index (χ1) is 12.7. The Bertz CT molecular complexity index is 725. The number of rotatable bonds is 6. The van der Waals surface area contributed by atoms with E-state index in [1.54, 1.807) is 13.3 Å². The molecule has 0 aliphatic heterocycles. The van der Waals surface area contributed by atoms with Crippen LogP contribution in [0.2, 0.25) is 0 Å². The number of pyridine rings is 1. The summed E-state index contributed by atoms with van der Waals surface area (Å²) in [6, 6.07) is 12.4. The molecule has 26 heavy (non-hydrogen) atoms. The maximum absolute atomic E-state index is 12.5. The first-order valence-corrected chi connectivity index (χ1v) is 9.24. The van der Waals surface area contributed by atoms with Gasteiger partial charge in [0.1, 0.15) is 5.75 Å². The topological polar surface area (TPSA) is 63.2 Å². The molecule has 2 N–H and O–H groups in total. The van der Waals surface area contributed by atoms with E-state index in [2.05, 4.69) is 15.6 Å². The minimum Gasteiger partial charge on any atom is -0.496 e. The number of nitrogens with one attached hydrogen (secondary N) is 2. The second-order valence-corrected chi connectivity index (χ2v) is 6.80. The van der Waals surface area contributed by atoms with Crippen LogP contribution in [0.3, 0.4) is 0 Å². The Morgan fingerprint density at radius 2 is 2.00 bits per heavy atom. The van der Waals surface area contributed by atoms with E-state index >= 15 is 0 Å². The van der Waals surface area contributed by atoms with Crippen molar-refractivity contribution in [3.8, 4) is 17.0 Å². The molecule has 0 spiro atoms. The van der Waals surface area contributed by atoms with Crippen LogP contribution in [0.5, 0.6) is 5.75 Å². The van der Waals surface area contributed by atoms with Crippen molar-refractivity contribution >= 4 is 5.91 Å². The molecule has 1 aliphatic carbocycles. The number of carbonyl (C=O) groups excluding carboxylic acids is 1. The van der Waals surface area contributed by atoms with Crippen LogP contribution >= 0.6 is 0 Å². The van der Waals surface area contributed by atoms with Gasteiger partial charge in [0.25, 0.3) is 0 Å². The summed E-state index contributed by atoms with van der Waals surface area (Å²) in [5.74, 6) is 1.04. The van der Waals surface area contributed by atoms with Crippen molar-refractivity contribution in [2.24, 2.45) is 5.92 Å². The predicted octanol–water partition coefficient (Wildman–Crippen LogP) is 3.15. The lowest BCUT2D eigenvalue weighted by atomic mass is 9.85. The highest BCUT2D eigenvalue weighted by molar-refractivity contribution is 5.78. The minimum atomic E-state index is 0.115. The summed E-state index contributed by atoms with van der Waals surface area (Å²) < 4.78 is 5.46. The summed E-state index contributed by atoms with van der Waals surface area (Å²) in [6.45, 7) is 0.467. The van der Waals surface area contributed by atoms with Gasteiger partial charge in [-0.1, -0.05) is 6.07 Å². The predicted molar refractivity (Wildman–Crippen MR) is 103 cm³/mol. The van der Waals surface area contributed by atoms with E-state index in [1.807, 2.05) is 43.4 Å².